The summed E-state index contributed by atoms with van der Waals surface area (Å²) in [5.74, 6) is 0.924. The fourth-order valence-corrected chi connectivity index (χ4v) is 4.95. The van der Waals surface area contributed by atoms with Crippen molar-refractivity contribution in [3.8, 4) is 0 Å². The molecule has 0 aliphatic carbocycles. The van der Waals surface area contributed by atoms with Gasteiger partial charge in [-0.3, -0.25) is 14.5 Å². The summed E-state index contributed by atoms with van der Waals surface area (Å²) in [6, 6.07) is 0. The molecule has 1 fully saturated rings. The van der Waals surface area contributed by atoms with E-state index < -0.39 is 0 Å². The zero-order valence-electron chi connectivity index (χ0n) is 18.7. The van der Waals surface area contributed by atoms with E-state index in [9.17, 15) is 9.59 Å². The Hall–Kier alpha value is -0.510. The van der Waals surface area contributed by atoms with Crippen LogP contribution in [0.25, 0.3) is 0 Å². The van der Waals surface area contributed by atoms with Gasteiger partial charge in [0.05, 0.1) is 0 Å². The second-order valence-electron chi connectivity index (χ2n) is 8.51. The summed E-state index contributed by atoms with van der Waals surface area (Å²) in [7, 11) is 0. The van der Waals surface area contributed by atoms with Crippen molar-refractivity contribution in [3.05, 3.63) is 0 Å². The van der Waals surface area contributed by atoms with Gasteiger partial charge in [-0.05, 0) is 6.42 Å². The van der Waals surface area contributed by atoms with Crippen LogP contribution < -0.4 is 0 Å². The van der Waals surface area contributed by atoms with E-state index in [0.29, 0.717) is 24.6 Å². The summed E-state index contributed by atoms with van der Waals surface area (Å²) in [5, 5.41) is 0.630. The number of rotatable bonds is 19. The van der Waals surface area contributed by atoms with Gasteiger partial charge in [0.25, 0.3) is 0 Å². The van der Waals surface area contributed by atoms with Gasteiger partial charge in [-0.25, -0.2) is 0 Å². The molecule has 1 aliphatic heterocycles. The summed E-state index contributed by atoms with van der Waals surface area (Å²) in [4.78, 5) is 24.6. The Balaban J connectivity index is 1.79. The predicted octanol–water partition coefficient (Wildman–Crippen LogP) is 7.13. The van der Waals surface area contributed by atoms with Crippen molar-refractivity contribution in [1.82, 2.24) is 4.90 Å². The van der Waals surface area contributed by atoms with Crippen molar-refractivity contribution >= 4 is 23.6 Å². The Morgan fingerprint density at radius 2 is 1.18 bits per heavy atom. The normalized spacial score (nSPS) is 15.6. The maximum atomic E-state index is 11.6. The lowest BCUT2D eigenvalue weighted by molar-refractivity contribution is -0.137. The molecule has 0 aromatic carbocycles. The van der Waals surface area contributed by atoms with E-state index in [0.717, 1.165) is 5.75 Å². The number of imide groups is 1. The lowest BCUT2D eigenvalue weighted by Crippen LogP contribution is -2.31. The number of nitrogens with zero attached hydrogens (tertiary/aromatic N) is 1. The number of hydrogen-bond donors (Lipinski definition) is 0. The van der Waals surface area contributed by atoms with Crippen LogP contribution >= 0.6 is 11.8 Å². The molecular formula is C24H45NO2S. The fraction of sp³-hybridized carbons (Fsp3) is 0.917. The third kappa shape index (κ3) is 12.9. The first-order chi connectivity index (χ1) is 13.6. The average molecular weight is 412 g/mol. The molecule has 4 heteroatoms. The first-order valence-electron chi connectivity index (χ1n) is 12.1. The molecule has 0 radical (unpaired) electrons. The highest BCUT2D eigenvalue weighted by Crippen LogP contribution is 2.20. The summed E-state index contributed by atoms with van der Waals surface area (Å²) in [5.41, 5.74) is 0. The molecule has 3 nitrogen and oxygen atoms in total. The topological polar surface area (TPSA) is 37.4 Å². The highest BCUT2D eigenvalue weighted by molar-refractivity contribution is 7.99. The number of carbonyl (C=O) groups excluding carboxylic acids is 2. The molecule has 1 saturated heterocycles. The lowest BCUT2D eigenvalue weighted by Gasteiger charge is -2.15. The number of thioether (sulfide) groups is 1. The molecule has 0 aromatic heterocycles. The second-order valence-corrected chi connectivity index (χ2v) is 10.1. The highest BCUT2D eigenvalue weighted by atomic mass is 32.2. The third-order valence-electron chi connectivity index (χ3n) is 5.84. The Kier molecular flexibility index (Phi) is 15.8. The summed E-state index contributed by atoms with van der Waals surface area (Å²) in [6.45, 7) is 5.16. The Bertz CT molecular complexity index is 397. The molecule has 0 spiro atoms. The Labute approximate surface area is 178 Å². The molecule has 1 aliphatic rings. The zero-order chi connectivity index (χ0) is 20.5. The maximum absolute atomic E-state index is 11.6. The number of unbranched alkanes of at least 4 members (excludes halogenated alkanes) is 13. The molecule has 1 rings (SSSR count). The van der Waals surface area contributed by atoms with Crippen LogP contribution in [-0.2, 0) is 9.59 Å². The molecule has 0 N–H and O–H groups in total. The molecule has 28 heavy (non-hydrogen) atoms. The smallest absolute Gasteiger partial charge is 0.229 e. The van der Waals surface area contributed by atoms with Gasteiger partial charge in [0.15, 0.2) is 0 Å². The van der Waals surface area contributed by atoms with Crippen molar-refractivity contribution in [2.75, 3.05) is 12.3 Å². The molecule has 1 unspecified atom stereocenters. The molecule has 0 bridgehead atoms. The summed E-state index contributed by atoms with van der Waals surface area (Å²) in [6.07, 6.45) is 21.8. The van der Waals surface area contributed by atoms with Gasteiger partial charge in [0.1, 0.15) is 0 Å². The quantitative estimate of drug-likeness (QED) is 0.168. The average Bonchev–Trinajstić information content (AvgIpc) is 3.00. The number of likely N-dealkylation sites (tertiary alicyclic amines) is 1. The molecule has 1 heterocycles. The SMILES string of the molecule is CCCCCCCCCCCCCCCCC(C)SCCN1C(=O)CCC1=O. The van der Waals surface area contributed by atoms with E-state index in [1.54, 1.807) is 0 Å². The largest absolute Gasteiger partial charge is 0.282 e. The zero-order valence-corrected chi connectivity index (χ0v) is 19.5. The molecule has 2 amide bonds. The number of amides is 2. The van der Waals surface area contributed by atoms with Crippen LogP contribution in [0, 0.1) is 0 Å². The van der Waals surface area contributed by atoms with Crippen LogP contribution in [0.1, 0.15) is 123 Å². The van der Waals surface area contributed by atoms with Crippen LogP contribution in [0.4, 0.5) is 0 Å². The van der Waals surface area contributed by atoms with E-state index in [1.165, 1.54) is 101 Å². The first kappa shape index (κ1) is 25.5. The first-order valence-corrected chi connectivity index (χ1v) is 13.1. The van der Waals surface area contributed by atoms with Gasteiger partial charge >= 0.3 is 0 Å². The molecular weight excluding hydrogens is 366 g/mol. The summed E-state index contributed by atoms with van der Waals surface area (Å²) < 4.78 is 0. The molecule has 164 valence electrons. The van der Waals surface area contributed by atoms with Crippen LogP contribution in [0.15, 0.2) is 0 Å². The van der Waals surface area contributed by atoms with E-state index in [2.05, 4.69) is 13.8 Å². The van der Waals surface area contributed by atoms with E-state index >= 15 is 0 Å². The van der Waals surface area contributed by atoms with E-state index in [-0.39, 0.29) is 11.8 Å². The van der Waals surface area contributed by atoms with Gasteiger partial charge < -0.3 is 0 Å². The van der Waals surface area contributed by atoms with Gasteiger partial charge in [-0.15, -0.1) is 0 Å². The molecule has 0 saturated carbocycles. The highest BCUT2D eigenvalue weighted by Gasteiger charge is 2.28. The van der Waals surface area contributed by atoms with Crippen molar-refractivity contribution in [2.24, 2.45) is 0 Å². The number of hydrogen-bond acceptors (Lipinski definition) is 3. The van der Waals surface area contributed by atoms with Crippen LogP contribution in [0.3, 0.4) is 0 Å². The maximum Gasteiger partial charge on any atom is 0.229 e. The van der Waals surface area contributed by atoms with Crippen molar-refractivity contribution in [1.29, 1.82) is 0 Å². The lowest BCUT2D eigenvalue weighted by atomic mass is 10.0. The van der Waals surface area contributed by atoms with E-state index in [1.807, 2.05) is 11.8 Å². The minimum Gasteiger partial charge on any atom is -0.282 e. The standard InChI is InChI=1S/C24H45NO2S/c1-3-4-5-6-7-8-9-10-11-12-13-14-15-16-17-22(2)28-21-20-25-23(26)18-19-24(25)27/h22H,3-21H2,1-2H3. The fourth-order valence-electron chi connectivity index (χ4n) is 3.93. The van der Waals surface area contributed by atoms with Gasteiger partial charge in [0.2, 0.25) is 11.8 Å². The van der Waals surface area contributed by atoms with Crippen LogP contribution in [0.5, 0.6) is 0 Å². The Morgan fingerprint density at radius 1 is 0.750 bits per heavy atom. The minimum absolute atomic E-state index is 0.0187. The van der Waals surface area contributed by atoms with Crippen LogP contribution in [0.2, 0.25) is 0 Å². The van der Waals surface area contributed by atoms with E-state index in [4.69, 9.17) is 0 Å². The Morgan fingerprint density at radius 3 is 1.64 bits per heavy atom. The summed E-state index contributed by atoms with van der Waals surface area (Å²) >= 11 is 1.91. The minimum atomic E-state index is 0.0187. The van der Waals surface area contributed by atoms with Gasteiger partial charge in [-0.1, -0.05) is 104 Å². The molecule has 0 aromatic rings. The van der Waals surface area contributed by atoms with Crippen molar-refractivity contribution < 1.29 is 9.59 Å². The third-order valence-corrected chi connectivity index (χ3v) is 7.06. The van der Waals surface area contributed by atoms with Crippen LogP contribution in [-0.4, -0.2) is 34.3 Å². The molecule has 1 atom stereocenters. The van der Waals surface area contributed by atoms with Gasteiger partial charge in [0, 0.05) is 30.4 Å². The monoisotopic (exact) mass is 411 g/mol. The predicted molar refractivity (Wildman–Crippen MR) is 123 cm³/mol. The second kappa shape index (κ2) is 17.4. The van der Waals surface area contributed by atoms with Crippen molar-refractivity contribution in [2.45, 2.75) is 128 Å². The van der Waals surface area contributed by atoms with Gasteiger partial charge in [-0.2, -0.15) is 11.8 Å². The van der Waals surface area contributed by atoms with Crippen molar-refractivity contribution in [3.63, 3.8) is 0 Å². The number of carbonyl (C=O) groups is 2.